The monoisotopic (exact) mass is 465 g/mol. The molecule has 180 valence electrons. The second-order valence-corrected chi connectivity index (χ2v) is 11.2. The van der Waals surface area contributed by atoms with Crippen LogP contribution in [0, 0.1) is 29.4 Å². The van der Waals surface area contributed by atoms with Gasteiger partial charge in [0.1, 0.15) is 11.6 Å². The van der Waals surface area contributed by atoms with Gasteiger partial charge in [-0.05, 0) is 91.7 Å². The van der Waals surface area contributed by atoms with Crippen molar-refractivity contribution in [3.8, 4) is 0 Å². The van der Waals surface area contributed by atoms with Crippen LogP contribution in [0.4, 0.5) is 13.6 Å². The number of piperazine rings is 1. The van der Waals surface area contributed by atoms with Gasteiger partial charge in [-0.1, -0.05) is 24.3 Å². The van der Waals surface area contributed by atoms with Crippen LogP contribution in [-0.4, -0.2) is 47.5 Å². The van der Waals surface area contributed by atoms with E-state index in [9.17, 15) is 13.6 Å². The number of hydrogen-bond donors (Lipinski definition) is 1. The summed E-state index contributed by atoms with van der Waals surface area (Å²) in [5.74, 6) is 1.86. The summed E-state index contributed by atoms with van der Waals surface area (Å²) in [6.07, 6.45) is 7.55. The van der Waals surface area contributed by atoms with Crippen LogP contribution in [0.25, 0.3) is 0 Å². The van der Waals surface area contributed by atoms with Crippen molar-refractivity contribution in [3.05, 3.63) is 71.3 Å². The first-order valence-corrected chi connectivity index (χ1v) is 12.8. The number of carbonyl (C=O) groups excluding carboxylic acids is 1. The van der Waals surface area contributed by atoms with Crippen LogP contribution in [-0.2, 0) is 0 Å². The van der Waals surface area contributed by atoms with E-state index in [4.69, 9.17) is 0 Å². The van der Waals surface area contributed by atoms with Crippen LogP contribution < -0.4 is 5.32 Å². The number of halogens is 2. The number of amides is 2. The Morgan fingerprint density at radius 1 is 0.765 bits per heavy atom. The quantitative estimate of drug-likeness (QED) is 0.661. The highest BCUT2D eigenvalue weighted by Crippen LogP contribution is 2.55. The summed E-state index contributed by atoms with van der Waals surface area (Å²) < 4.78 is 27.2. The number of hydrogen-bond acceptors (Lipinski definition) is 2. The van der Waals surface area contributed by atoms with Crippen molar-refractivity contribution >= 4 is 6.03 Å². The van der Waals surface area contributed by atoms with Crippen LogP contribution >= 0.6 is 0 Å². The predicted octanol–water partition coefficient (Wildman–Crippen LogP) is 5.35. The van der Waals surface area contributed by atoms with Crippen LogP contribution in [0.1, 0.15) is 55.7 Å². The zero-order valence-corrected chi connectivity index (χ0v) is 19.6. The molecule has 1 heterocycles. The van der Waals surface area contributed by atoms with Gasteiger partial charge in [-0.3, -0.25) is 4.90 Å². The van der Waals surface area contributed by atoms with E-state index in [1.54, 1.807) is 24.3 Å². The molecule has 1 N–H and O–H groups in total. The van der Waals surface area contributed by atoms with Gasteiger partial charge >= 0.3 is 6.03 Å². The standard InChI is InChI=1S/C28H33F2N3O/c29-24-5-1-22(2-6-24)26(23-3-7-25(30)8-4-23)32-9-11-33(12-10-32)27(34)31-28-16-19-13-20(17-28)15-21(14-19)18-28/h1-8,19-21,26H,9-18H2,(H,31,34). The van der Waals surface area contributed by atoms with Crippen LogP contribution in [0.3, 0.4) is 0 Å². The number of nitrogens with one attached hydrogen (secondary N) is 1. The Morgan fingerprint density at radius 3 is 1.65 bits per heavy atom. The van der Waals surface area contributed by atoms with Gasteiger partial charge in [-0.15, -0.1) is 0 Å². The molecule has 4 saturated carbocycles. The molecule has 2 aromatic carbocycles. The molecule has 0 unspecified atom stereocenters. The molecular weight excluding hydrogens is 432 g/mol. The van der Waals surface area contributed by atoms with Crippen LogP contribution in [0.15, 0.2) is 48.5 Å². The number of urea groups is 1. The molecule has 4 nitrogen and oxygen atoms in total. The number of nitrogens with zero attached hydrogens (tertiary/aromatic N) is 2. The lowest BCUT2D eigenvalue weighted by molar-refractivity contribution is -0.0166. The Bertz CT molecular complexity index is 950. The van der Waals surface area contributed by atoms with E-state index in [1.165, 1.54) is 43.5 Å². The molecule has 0 atom stereocenters. The van der Waals surface area contributed by atoms with Crippen molar-refractivity contribution in [2.45, 2.75) is 50.1 Å². The fourth-order valence-electron chi connectivity index (χ4n) is 7.66. The highest BCUT2D eigenvalue weighted by Gasteiger charge is 2.52. The van der Waals surface area contributed by atoms with Crippen molar-refractivity contribution in [3.63, 3.8) is 0 Å². The van der Waals surface area contributed by atoms with Gasteiger partial charge in [0, 0.05) is 31.7 Å². The molecule has 4 bridgehead atoms. The lowest BCUT2D eigenvalue weighted by Gasteiger charge is -2.57. The minimum atomic E-state index is -0.271. The van der Waals surface area contributed by atoms with Gasteiger partial charge in [0.2, 0.25) is 0 Å². The van der Waals surface area contributed by atoms with Crippen molar-refractivity contribution in [1.29, 1.82) is 0 Å². The molecule has 7 rings (SSSR count). The molecular formula is C28H33F2N3O. The molecule has 6 heteroatoms. The van der Waals surface area contributed by atoms with Crippen molar-refractivity contribution < 1.29 is 13.6 Å². The fraction of sp³-hybridized carbons (Fsp3) is 0.536. The van der Waals surface area contributed by atoms with Gasteiger partial charge in [-0.25, -0.2) is 13.6 Å². The first-order chi connectivity index (χ1) is 16.5. The summed E-state index contributed by atoms with van der Waals surface area (Å²) in [6.45, 7) is 2.73. The van der Waals surface area contributed by atoms with E-state index < -0.39 is 0 Å². The van der Waals surface area contributed by atoms with Crippen LogP contribution in [0.2, 0.25) is 0 Å². The molecule has 34 heavy (non-hydrogen) atoms. The smallest absolute Gasteiger partial charge is 0.317 e. The zero-order valence-electron chi connectivity index (χ0n) is 19.6. The summed E-state index contributed by atoms with van der Waals surface area (Å²) >= 11 is 0. The first-order valence-electron chi connectivity index (χ1n) is 12.8. The Hall–Kier alpha value is -2.47. The Labute approximate surface area is 200 Å². The average molecular weight is 466 g/mol. The minimum absolute atomic E-state index is 0.0216. The lowest BCUT2D eigenvalue weighted by atomic mass is 9.53. The second kappa shape index (κ2) is 8.63. The molecule has 2 aromatic rings. The Morgan fingerprint density at radius 2 is 1.21 bits per heavy atom. The van der Waals surface area contributed by atoms with Crippen LogP contribution in [0.5, 0.6) is 0 Å². The molecule has 0 radical (unpaired) electrons. The average Bonchev–Trinajstić information content (AvgIpc) is 2.81. The summed E-state index contributed by atoms with van der Waals surface area (Å²) in [6, 6.07) is 13.1. The summed E-state index contributed by atoms with van der Waals surface area (Å²) in [5.41, 5.74) is 1.97. The highest BCUT2D eigenvalue weighted by molar-refractivity contribution is 5.75. The minimum Gasteiger partial charge on any atom is -0.333 e. The van der Waals surface area contributed by atoms with Crippen molar-refractivity contribution in [2.75, 3.05) is 26.2 Å². The van der Waals surface area contributed by atoms with E-state index >= 15 is 0 Å². The molecule has 4 aliphatic carbocycles. The Balaban J connectivity index is 1.14. The van der Waals surface area contributed by atoms with Gasteiger partial charge in [0.15, 0.2) is 0 Å². The summed E-state index contributed by atoms with van der Waals surface area (Å²) in [5, 5.41) is 3.50. The summed E-state index contributed by atoms with van der Waals surface area (Å²) in [4.78, 5) is 17.6. The zero-order chi connectivity index (χ0) is 23.3. The van der Waals surface area contributed by atoms with Crippen molar-refractivity contribution in [2.24, 2.45) is 17.8 Å². The number of benzene rings is 2. The fourth-order valence-corrected chi connectivity index (χ4v) is 7.66. The molecule has 0 spiro atoms. The molecule has 1 saturated heterocycles. The van der Waals surface area contributed by atoms with E-state index in [0.717, 1.165) is 48.1 Å². The third-order valence-corrected chi connectivity index (χ3v) is 8.75. The highest BCUT2D eigenvalue weighted by atomic mass is 19.1. The van der Waals surface area contributed by atoms with E-state index in [-0.39, 0.29) is 29.2 Å². The van der Waals surface area contributed by atoms with Gasteiger partial charge < -0.3 is 10.2 Å². The molecule has 2 amide bonds. The molecule has 0 aromatic heterocycles. The number of rotatable bonds is 4. The normalized spacial score (nSPS) is 30.7. The maximum atomic E-state index is 13.6. The molecule has 5 aliphatic rings. The third kappa shape index (κ3) is 4.21. The van der Waals surface area contributed by atoms with E-state index in [0.29, 0.717) is 26.2 Å². The summed E-state index contributed by atoms with van der Waals surface area (Å²) in [7, 11) is 0. The van der Waals surface area contributed by atoms with Gasteiger partial charge in [0.05, 0.1) is 6.04 Å². The van der Waals surface area contributed by atoms with Gasteiger partial charge in [0.25, 0.3) is 0 Å². The topological polar surface area (TPSA) is 35.6 Å². The van der Waals surface area contributed by atoms with Gasteiger partial charge in [-0.2, -0.15) is 0 Å². The largest absolute Gasteiger partial charge is 0.333 e. The maximum absolute atomic E-state index is 13.6. The SMILES string of the molecule is O=C(NC12CC3CC(CC(C3)C1)C2)N1CCN(C(c2ccc(F)cc2)c2ccc(F)cc2)CC1. The van der Waals surface area contributed by atoms with E-state index in [1.807, 2.05) is 4.90 Å². The van der Waals surface area contributed by atoms with E-state index in [2.05, 4.69) is 10.2 Å². The second-order valence-electron chi connectivity index (χ2n) is 11.2. The predicted molar refractivity (Wildman–Crippen MR) is 127 cm³/mol. The lowest BCUT2D eigenvalue weighted by Crippen LogP contribution is -2.63. The number of carbonyl (C=O) groups is 1. The third-order valence-electron chi connectivity index (χ3n) is 8.75. The molecule has 5 fully saturated rings. The van der Waals surface area contributed by atoms with Crippen molar-refractivity contribution in [1.82, 2.24) is 15.1 Å². The maximum Gasteiger partial charge on any atom is 0.317 e. The Kier molecular flexibility index (Phi) is 5.59. The molecule has 1 aliphatic heterocycles. The first kappa shape index (κ1) is 22.0.